The first-order valence-electron chi connectivity index (χ1n) is 4.06. The maximum Gasteiger partial charge on any atom is 0.0801 e. The van der Waals surface area contributed by atoms with Crippen molar-refractivity contribution in [1.29, 1.82) is 0 Å². The maximum atomic E-state index is 5.95. The van der Waals surface area contributed by atoms with E-state index in [1.54, 1.807) is 11.3 Å². The van der Waals surface area contributed by atoms with Gasteiger partial charge in [0.05, 0.1) is 17.7 Å². The zero-order valence-electron chi connectivity index (χ0n) is 7.42. The van der Waals surface area contributed by atoms with Crippen molar-refractivity contribution < 1.29 is 4.74 Å². The molecule has 0 bridgehead atoms. The lowest BCUT2D eigenvalue weighted by molar-refractivity contribution is 0.124. The molecule has 0 amide bonds. The second-order valence-corrected chi connectivity index (χ2v) is 3.87. The number of nitrogens with one attached hydrogen (secondary N) is 1. The van der Waals surface area contributed by atoms with E-state index in [1.165, 1.54) is 0 Å². The van der Waals surface area contributed by atoms with Gasteiger partial charge in [-0.15, -0.1) is 11.3 Å². The van der Waals surface area contributed by atoms with E-state index in [9.17, 15) is 0 Å². The fraction of sp³-hybridized carbons (Fsp3) is 0.500. The van der Waals surface area contributed by atoms with Crippen molar-refractivity contribution >= 4 is 22.9 Å². The summed E-state index contributed by atoms with van der Waals surface area (Å²) in [7, 11) is 0. The van der Waals surface area contributed by atoms with Crippen molar-refractivity contribution in [2.75, 3.05) is 13.2 Å². The molecular weight excluding hydrogens is 208 g/mol. The van der Waals surface area contributed by atoms with Crippen molar-refractivity contribution in [3.63, 3.8) is 0 Å². The number of thiophene rings is 1. The van der Waals surface area contributed by atoms with E-state index in [4.69, 9.17) is 22.2 Å². The third kappa shape index (κ3) is 2.93. The van der Waals surface area contributed by atoms with Crippen LogP contribution in [-0.4, -0.2) is 13.2 Å². The monoisotopic (exact) mass is 220 g/mol. The first-order chi connectivity index (χ1) is 6.29. The Morgan fingerprint density at radius 3 is 3.00 bits per heavy atom. The van der Waals surface area contributed by atoms with E-state index in [2.05, 4.69) is 5.43 Å². The molecule has 3 N–H and O–H groups in total. The zero-order chi connectivity index (χ0) is 9.68. The van der Waals surface area contributed by atoms with Gasteiger partial charge in [-0.2, -0.15) is 0 Å². The number of hydrogen-bond donors (Lipinski definition) is 2. The molecule has 5 heteroatoms. The van der Waals surface area contributed by atoms with Crippen LogP contribution in [0, 0.1) is 0 Å². The lowest BCUT2D eigenvalue weighted by Gasteiger charge is -2.14. The summed E-state index contributed by atoms with van der Waals surface area (Å²) in [6, 6.07) is 1.85. The highest BCUT2D eigenvalue weighted by Crippen LogP contribution is 2.28. The third-order valence-electron chi connectivity index (χ3n) is 1.65. The largest absolute Gasteiger partial charge is 0.380 e. The minimum atomic E-state index is -0.00699. The van der Waals surface area contributed by atoms with Crippen LogP contribution in [0.2, 0.25) is 5.02 Å². The molecule has 13 heavy (non-hydrogen) atoms. The van der Waals surface area contributed by atoms with Gasteiger partial charge in [0.15, 0.2) is 0 Å². The summed E-state index contributed by atoms with van der Waals surface area (Å²) in [5, 5.41) is 2.68. The fourth-order valence-electron chi connectivity index (χ4n) is 0.989. The summed E-state index contributed by atoms with van der Waals surface area (Å²) in [4.78, 5) is 1.03. The van der Waals surface area contributed by atoms with Gasteiger partial charge in [0.2, 0.25) is 0 Å². The molecule has 0 aliphatic heterocycles. The van der Waals surface area contributed by atoms with Gasteiger partial charge in [-0.05, 0) is 18.4 Å². The summed E-state index contributed by atoms with van der Waals surface area (Å²) in [5.74, 6) is 5.39. The van der Waals surface area contributed by atoms with E-state index < -0.39 is 0 Å². The molecule has 0 aliphatic rings. The molecule has 1 aromatic heterocycles. The van der Waals surface area contributed by atoms with Crippen molar-refractivity contribution in [3.8, 4) is 0 Å². The third-order valence-corrected chi connectivity index (χ3v) is 3.12. The molecule has 3 nitrogen and oxygen atoms in total. The molecule has 1 aromatic rings. The Bertz CT molecular complexity index is 254. The van der Waals surface area contributed by atoms with Gasteiger partial charge in [-0.25, -0.2) is 5.43 Å². The Labute approximate surface area is 86.8 Å². The summed E-state index contributed by atoms with van der Waals surface area (Å²) in [5.41, 5.74) is 2.68. The number of hydrogen-bond acceptors (Lipinski definition) is 4. The van der Waals surface area contributed by atoms with Crippen LogP contribution in [0.25, 0.3) is 0 Å². The topological polar surface area (TPSA) is 47.3 Å². The first-order valence-corrected chi connectivity index (χ1v) is 5.32. The second-order valence-electron chi connectivity index (χ2n) is 2.51. The predicted octanol–water partition coefficient (Wildman–Crippen LogP) is 1.94. The molecule has 0 saturated heterocycles. The first kappa shape index (κ1) is 10.9. The van der Waals surface area contributed by atoms with Crippen LogP contribution in [0.4, 0.5) is 0 Å². The number of halogens is 1. The highest BCUT2D eigenvalue weighted by Gasteiger charge is 2.14. The molecule has 1 atom stereocenters. The lowest BCUT2D eigenvalue weighted by Crippen LogP contribution is -2.31. The highest BCUT2D eigenvalue weighted by molar-refractivity contribution is 7.10. The summed E-state index contributed by atoms with van der Waals surface area (Å²) >= 11 is 7.53. The Kier molecular flexibility index (Phi) is 4.69. The smallest absolute Gasteiger partial charge is 0.0801 e. The van der Waals surface area contributed by atoms with Crippen LogP contribution in [0.15, 0.2) is 11.4 Å². The van der Waals surface area contributed by atoms with Gasteiger partial charge in [-0.1, -0.05) is 11.6 Å². The molecule has 74 valence electrons. The van der Waals surface area contributed by atoms with Gasteiger partial charge in [0.25, 0.3) is 0 Å². The Balaban J connectivity index is 2.61. The van der Waals surface area contributed by atoms with Crippen molar-refractivity contribution in [2.24, 2.45) is 5.84 Å². The quantitative estimate of drug-likeness (QED) is 0.589. The Hall–Kier alpha value is -0.130. The van der Waals surface area contributed by atoms with E-state index in [0.717, 1.165) is 9.90 Å². The molecule has 0 aromatic carbocycles. The molecule has 0 radical (unpaired) electrons. The van der Waals surface area contributed by atoms with Gasteiger partial charge in [-0.3, -0.25) is 5.84 Å². The normalized spacial score (nSPS) is 13.2. The van der Waals surface area contributed by atoms with Gasteiger partial charge < -0.3 is 4.74 Å². The van der Waals surface area contributed by atoms with Crippen LogP contribution < -0.4 is 11.3 Å². The lowest BCUT2D eigenvalue weighted by atomic mass is 10.3. The van der Waals surface area contributed by atoms with Crippen LogP contribution in [-0.2, 0) is 4.74 Å². The van der Waals surface area contributed by atoms with Crippen LogP contribution in [0.1, 0.15) is 17.8 Å². The molecule has 0 saturated carbocycles. The highest BCUT2D eigenvalue weighted by atomic mass is 35.5. The van der Waals surface area contributed by atoms with Crippen molar-refractivity contribution in [2.45, 2.75) is 13.0 Å². The molecule has 0 fully saturated rings. The van der Waals surface area contributed by atoms with Crippen molar-refractivity contribution in [1.82, 2.24) is 5.43 Å². The Morgan fingerprint density at radius 2 is 2.54 bits per heavy atom. The standard InChI is InChI=1S/C8H13ClN2OS/c1-2-12-5-7(11-10)8-6(9)3-4-13-8/h3-4,7,11H,2,5,10H2,1H3. The van der Waals surface area contributed by atoms with Gasteiger partial charge in [0.1, 0.15) is 0 Å². The molecule has 1 heterocycles. The number of hydrazine groups is 1. The van der Waals surface area contributed by atoms with Crippen molar-refractivity contribution in [3.05, 3.63) is 21.3 Å². The van der Waals surface area contributed by atoms with E-state index in [-0.39, 0.29) is 6.04 Å². The van der Waals surface area contributed by atoms with Crippen LogP contribution >= 0.6 is 22.9 Å². The average Bonchev–Trinajstić information content (AvgIpc) is 2.54. The molecule has 0 aliphatic carbocycles. The van der Waals surface area contributed by atoms with Gasteiger partial charge >= 0.3 is 0 Å². The summed E-state index contributed by atoms with van der Waals surface area (Å²) in [6.07, 6.45) is 0. The maximum absolute atomic E-state index is 5.95. The van der Waals surface area contributed by atoms with Gasteiger partial charge in [0, 0.05) is 11.5 Å². The van der Waals surface area contributed by atoms with Crippen LogP contribution in [0.3, 0.4) is 0 Å². The minimum Gasteiger partial charge on any atom is -0.380 e. The van der Waals surface area contributed by atoms with E-state index in [0.29, 0.717) is 13.2 Å². The number of rotatable bonds is 5. The average molecular weight is 221 g/mol. The Morgan fingerprint density at radius 1 is 1.77 bits per heavy atom. The SMILES string of the molecule is CCOCC(NN)c1sccc1Cl. The molecule has 1 unspecified atom stereocenters. The molecular formula is C8H13ClN2OS. The second kappa shape index (κ2) is 5.57. The summed E-state index contributed by atoms with van der Waals surface area (Å²) < 4.78 is 5.27. The number of nitrogens with two attached hydrogens (primary N) is 1. The molecule has 1 rings (SSSR count). The number of ether oxygens (including phenoxy) is 1. The van der Waals surface area contributed by atoms with E-state index in [1.807, 2.05) is 18.4 Å². The van der Waals surface area contributed by atoms with Crippen LogP contribution in [0.5, 0.6) is 0 Å². The van der Waals surface area contributed by atoms with E-state index >= 15 is 0 Å². The fourth-order valence-corrected chi connectivity index (χ4v) is 2.22. The molecule has 0 spiro atoms. The summed E-state index contributed by atoms with van der Waals surface area (Å²) in [6.45, 7) is 3.18. The predicted molar refractivity (Wildman–Crippen MR) is 55.9 cm³/mol. The zero-order valence-corrected chi connectivity index (χ0v) is 8.99. The minimum absolute atomic E-state index is 0.00699.